The lowest BCUT2D eigenvalue weighted by molar-refractivity contribution is -0.132. The zero-order valence-corrected chi connectivity index (χ0v) is 18.2. The molecule has 0 aromatic heterocycles. The van der Waals surface area contributed by atoms with Crippen molar-refractivity contribution in [3.63, 3.8) is 0 Å². The van der Waals surface area contributed by atoms with E-state index in [1.54, 1.807) is 38.4 Å². The highest BCUT2D eigenvalue weighted by Crippen LogP contribution is 2.21. The minimum absolute atomic E-state index is 0.106. The molecule has 0 saturated carbocycles. The van der Waals surface area contributed by atoms with E-state index < -0.39 is 11.8 Å². The number of hydrazine groups is 1. The largest absolute Gasteiger partial charge is 0.478 e. The number of nitrogens with zero attached hydrogens (tertiary/aromatic N) is 1. The Bertz CT molecular complexity index is 931. The van der Waals surface area contributed by atoms with Gasteiger partial charge in [0, 0.05) is 37.6 Å². The summed E-state index contributed by atoms with van der Waals surface area (Å²) < 4.78 is 19.2. The van der Waals surface area contributed by atoms with E-state index in [1.165, 1.54) is 37.6 Å². The molecule has 0 aliphatic heterocycles. The minimum atomic E-state index is -0.971. The van der Waals surface area contributed by atoms with Crippen molar-refractivity contribution >= 4 is 17.9 Å². The number of hydrogen-bond acceptors (Lipinski definition) is 6. The number of carboxylic acid groups (broad SMARTS) is 1. The van der Waals surface area contributed by atoms with Crippen LogP contribution in [0.2, 0.25) is 0 Å². The molecule has 0 atom stereocenters. The summed E-state index contributed by atoms with van der Waals surface area (Å²) in [6.45, 7) is 7.18. The molecule has 1 aromatic carbocycles. The summed E-state index contributed by atoms with van der Waals surface area (Å²) in [6.07, 6.45) is 9.80. The van der Waals surface area contributed by atoms with Crippen molar-refractivity contribution in [1.29, 1.82) is 0 Å². The molecular formula is C23H29FN4O3. The van der Waals surface area contributed by atoms with Crippen molar-refractivity contribution in [1.82, 2.24) is 10.9 Å². The lowest BCUT2D eigenvalue weighted by Crippen LogP contribution is -2.26. The average Bonchev–Trinajstić information content (AvgIpc) is 2.75. The maximum absolute atomic E-state index is 13.9. The molecule has 0 spiro atoms. The second-order valence-electron chi connectivity index (χ2n) is 6.40. The second-order valence-corrected chi connectivity index (χ2v) is 6.40. The van der Waals surface area contributed by atoms with E-state index in [1.807, 2.05) is 6.92 Å². The van der Waals surface area contributed by atoms with Gasteiger partial charge in [-0.3, -0.25) is 0 Å². The van der Waals surface area contributed by atoms with E-state index in [0.29, 0.717) is 17.9 Å². The number of nitrogens with one attached hydrogen (secondary N) is 3. The van der Waals surface area contributed by atoms with Crippen molar-refractivity contribution in [2.45, 2.75) is 20.3 Å². The van der Waals surface area contributed by atoms with Gasteiger partial charge in [0.1, 0.15) is 5.82 Å². The average molecular weight is 429 g/mol. The van der Waals surface area contributed by atoms with Crippen LogP contribution in [0.25, 0.3) is 0 Å². The summed E-state index contributed by atoms with van der Waals surface area (Å²) in [5.74, 6) is -0.767. The van der Waals surface area contributed by atoms with Crippen LogP contribution in [0.15, 0.2) is 82.9 Å². The van der Waals surface area contributed by atoms with E-state index in [0.717, 1.165) is 11.1 Å². The van der Waals surface area contributed by atoms with Crippen LogP contribution in [0.5, 0.6) is 5.75 Å². The Hall–Kier alpha value is -3.65. The second kappa shape index (κ2) is 13.6. The highest BCUT2D eigenvalue weighted by Gasteiger charge is 2.04. The van der Waals surface area contributed by atoms with Crippen LogP contribution >= 0.6 is 0 Å². The lowest BCUT2D eigenvalue weighted by Gasteiger charge is -2.10. The van der Waals surface area contributed by atoms with Gasteiger partial charge in [0.25, 0.3) is 0 Å². The Morgan fingerprint density at radius 3 is 2.61 bits per heavy atom. The highest BCUT2D eigenvalue weighted by atomic mass is 19.1. The van der Waals surface area contributed by atoms with Crippen molar-refractivity contribution in [3.8, 4) is 5.75 Å². The molecule has 0 fully saturated rings. The van der Waals surface area contributed by atoms with E-state index in [-0.39, 0.29) is 11.3 Å². The summed E-state index contributed by atoms with van der Waals surface area (Å²) >= 11 is 0. The van der Waals surface area contributed by atoms with Crippen molar-refractivity contribution < 1.29 is 19.0 Å². The third-order valence-corrected chi connectivity index (χ3v) is 4.05. The number of ether oxygens (including phenoxy) is 1. The van der Waals surface area contributed by atoms with Crippen molar-refractivity contribution in [2.75, 3.05) is 19.4 Å². The molecule has 166 valence electrons. The third-order valence-electron chi connectivity index (χ3n) is 4.05. The van der Waals surface area contributed by atoms with Gasteiger partial charge >= 0.3 is 5.97 Å². The molecule has 31 heavy (non-hydrogen) atoms. The monoisotopic (exact) mass is 428 g/mol. The molecule has 0 aliphatic carbocycles. The molecule has 7 nitrogen and oxygen atoms in total. The molecule has 0 aliphatic rings. The first-order valence-electron chi connectivity index (χ1n) is 9.51. The SMILES string of the molecule is C=C/C(=C\C=C(/C)C(=O)O)C/C(C)=C(/N=C\C=C\Oc1ccc(NC)cc1F)NNC. The maximum atomic E-state index is 13.9. The van der Waals surface area contributed by atoms with Crippen LogP contribution in [0, 0.1) is 5.82 Å². The summed E-state index contributed by atoms with van der Waals surface area (Å²) in [4.78, 5) is 15.3. The van der Waals surface area contributed by atoms with Crippen LogP contribution in [-0.4, -0.2) is 31.4 Å². The quantitative estimate of drug-likeness (QED) is 0.130. The fourth-order valence-electron chi connectivity index (χ4n) is 2.28. The number of halogens is 1. The Morgan fingerprint density at radius 2 is 2.03 bits per heavy atom. The molecule has 8 heteroatoms. The summed E-state index contributed by atoms with van der Waals surface area (Å²) in [5.41, 5.74) is 8.38. The van der Waals surface area contributed by atoms with Gasteiger partial charge in [-0.1, -0.05) is 24.8 Å². The fourth-order valence-corrected chi connectivity index (χ4v) is 2.28. The fraction of sp³-hybridized carbons (Fsp3) is 0.217. The van der Waals surface area contributed by atoms with Gasteiger partial charge in [-0.25, -0.2) is 19.6 Å². The molecule has 0 saturated heterocycles. The Labute approximate surface area is 182 Å². The predicted molar refractivity (Wildman–Crippen MR) is 123 cm³/mol. The molecule has 0 radical (unpaired) electrons. The van der Waals surface area contributed by atoms with Crippen LogP contribution < -0.4 is 20.9 Å². The minimum Gasteiger partial charge on any atom is -0.478 e. The Balaban J connectivity index is 2.87. The number of aliphatic imine (C=N–C) groups is 1. The topological polar surface area (TPSA) is 95.0 Å². The highest BCUT2D eigenvalue weighted by molar-refractivity contribution is 5.86. The maximum Gasteiger partial charge on any atom is 0.331 e. The summed E-state index contributed by atoms with van der Waals surface area (Å²) in [6, 6.07) is 4.58. The van der Waals surface area contributed by atoms with Crippen molar-refractivity contribution in [2.24, 2.45) is 4.99 Å². The molecule has 4 N–H and O–H groups in total. The summed E-state index contributed by atoms with van der Waals surface area (Å²) in [7, 11) is 3.42. The van der Waals surface area contributed by atoms with Crippen LogP contribution in [0.1, 0.15) is 20.3 Å². The predicted octanol–water partition coefficient (Wildman–Crippen LogP) is 4.32. The van der Waals surface area contributed by atoms with E-state index in [4.69, 9.17) is 9.84 Å². The standard InChI is InChI=1S/C23H29FN4O3/c1-6-18(9-8-16(2)23(29)30)14-17(3)22(28-26-5)27-12-7-13-31-21-11-10-19(25-4)15-20(21)24/h6-13,15,25-26,28H,1,14H2,2-5H3,(H,29,30)/b13-7+,16-8+,18-9+,22-17-,27-12-. The van der Waals surface area contributed by atoms with E-state index in [2.05, 4.69) is 27.7 Å². The lowest BCUT2D eigenvalue weighted by atomic mass is 10.1. The molecule has 1 aromatic rings. The first-order valence-corrected chi connectivity index (χ1v) is 9.51. The number of benzene rings is 1. The zero-order valence-electron chi connectivity index (χ0n) is 18.2. The number of rotatable bonds is 12. The number of anilines is 1. The van der Waals surface area contributed by atoms with Gasteiger partial charge in [-0.15, -0.1) is 0 Å². The molecule has 0 amide bonds. The van der Waals surface area contributed by atoms with Gasteiger partial charge in [0.2, 0.25) is 0 Å². The Morgan fingerprint density at radius 1 is 1.29 bits per heavy atom. The van der Waals surface area contributed by atoms with E-state index >= 15 is 0 Å². The molecule has 1 rings (SSSR count). The number of allylic oxidation sites excluding steroid dienone is 6. The number of carboxylic acids is 1. The van der Waals surface area contributed by atoms with Crippen LogP contribution in [0.3, 0.4) is 0 Å². The van der Waals surface area contributed by atoms with Gasteiger partial charge in [-0.05, 0) is 49.6 Å². The first-order chi connectivity index (χ1) is 14.8. The smallest absolute Gasteiger partial charge is 0.331 e. The zero-order chi connectivity index (χ0) is 23.2. The molecule has 0 unspecified atom stereocenters. The number of carbonyl (C=O) groups is 1. The van der Waals surface area contributed by atoms with Gasteiger partial charge < -0.3 is 20.6 Å². The number of aliphatic carboxylic acids is 1. The van der Waals surface area contributed by atoms with Gasteiger partial charge in [-0.2, -0.15) is 0 Å². The third kappa shape index (κ3) is 9.14. The summed E-state index contributed by atoms with van der Waals surface area (Å²) in [5, 5.41) is 11.8. The normalized spacial score (nSPS) is 13.3. The Kier molecular flexibility index (Phi) is 11.1. The van der Waals surface area contributed by atoms with Crippen molar-refractivity contribution in [3.05, 3.63) is 83.7 Å². The first kappa shape index (κ1) is 25.4. The molecular weight excluding hydrogens is 399 g/mol. The molecule has 0 bridgehead atoms. The van der Waals surface area contributed by atoms with Gasteiger partial charge in [0.05, 0.1) is 6.26 Å². The van der Waals surface area contributed by atoms with Crippen LogP contribution in [-0.2, 0) is 4.79 Å². The number of hydrogen-bond donors (Lipinski definition) is 4. The van der Waals surface area contributed by atoms with Gasteiger partial charge in [0.15, 0.2) is 11.6 Å². The molecule has 0 heterocycles. The van der Waals surface area contributed by atoms with E-state index in [9.17, 15) is 9.18 Å². The van der Waals surface area contributed by atoms with Crippen LogP contribution in [0.4, 0.5) is 10.1 Å².